The Balaban J connectivity index is 1.74. The van der Waals surface area contributed by atoms with E-state index in [4.69, 9.17) is 13.8 Å². The zero-order valence-corrected chi connectivity index (χ0v) is 20.7. The Morgan fingerprint density at radius 1 is 0.972 bits per heavy atom. The fourth-order valence-corrected chi connectivity index (χ4v) is 9.33. The molecule has 0 bridgehead atoms. The molecule has 0 aromatic heterocycles. The van der Waals surface area contributed by atoms with Crippen LogP contribution in [0.4, 0.5) is 22.0 Å². The molecule has 2 fully saturated rings. The number of halogens is 5. The largest absolute Gasteiger partial charge is 0.490 e. The fraction of sp³-hybridized carbons (Fsp3) is 0.478. The van der Waals surface area contributed by atoms with Crippen LogP contribution >= 0.6 is 7.60 Å². The third kappa shape index (κ3) is 3.71. The lowest BCUT2D eigenvalue weighted by Crippen LogP contribution is -2.61. The molecule has 2 atom stereocenters. The van der Waals surface area contributed by atoms with Crippen molar-refractivity contribution in [1.29, 1.82) is 0 Å². The van der Waals surface area contributed by atoms with Gasteiger partial charge in [0.15, 0.2) is 21.4 Å². The molecule has 0 amide bonds. The molecule has 1 saturated heterocycles. The van der Waals surface area contributed by atoms with E-state index in [2.05, 4.69) is 0 Å². The van der Waals surface area contributed by atoms with E-state index in [0.29, 0.717) is 18.6 Å². The number of benzene rings is 2. The van der Waals surface area contributed by atoms with Gasteiger partial charge in [-0.05, 0) is 49.2 Å². The molecule has 1 aliphatic carbocycles. The highest BCUT2D eigenvalue weighted by atomic mass is 32.2. The van der Waals surface area contributed by atoms with Crippen molar-refractivity contribution in [2.45, 2.75) is 35.1 Å². The van der Waals surface area contributed by atoms with Gasteiger partial charge < -0.3 is 13.8 Å². The maximum Gasteiger partial charge on any atom is 0.416 e. The van der Waals surface area contributed by atoms with Crippen molar-refractivity contribution in [2.24, 2.45) is 11.3 Å². The first kappa shape index (κ1) is 25.6. The Bertz CT molecular complexity index is 1350. The fourth-order valence-electron chi connectivity index (χ4n) is 5.80. The second-order valence-corrected chi connectivity index (χ2v) is 13.8. The molecule has 6 nitrogen and oxygen atoms in total. The Kier molecular flexibility index (Phi) is 5.87. The molecule has 2 aliphatic heterocycles. The summed E-state index contributed by atoms with van der Waals surface area (Å²) in [6, 6.07) is 4.56. The van der Waals surface area contributed by atoms with E-state index in [-0.39, 0.29) is 32.7 Å². The maximum atomic E-state index is 15.4. The second-order valence-electron chi connectivity index (χ2n) is 9.55. The number of sulfone groups is 1. The summed E-state index contributed by atoms with van der Waals surface area (Å²) in [7, 11) is -8.02. The number of rotatable bonds is 2. The molecule has 0 N–H and O–H groups in total. The minimum Gasteiger partial charge on any atom is -0.490 e. The van der Waals surface area contributed by atoms with Crippen LogP contribution in [0.5, 0.6) is 5.75 Å². The number of ether oxygens (including phenoxy) is 1. The van der Waals surface area contributed by atoms with Crippen LogP contribution in [0.2, 0.25) is 0 Å². The summed E-state index contributed by atoms with van der Waals surface area (Å²) in [5.41, 5.74) is -2.62. The van der Waals surface area contributed by atoms with E-state index in [9.17, 15) is 30.5 Å². The van der Waals surface area contributed by atoms with E-state index in [1.165, 1.54) is 6.66 Å². The van der Waals surface area contributed by atoms with Crippen LogP contribution in [-0.2, 0) is 34.4 Å². The molecule has 2 aromatic carbocycles. The van der Waals surface area contributed by atoms with Crippen molar-refractivity contribution in [2.75, 3.05) is 26.5 Å². The molecule has 1 spiro atoms. The first-order valence-corrected chi connectivity index (χ1v) is 14.6. The van der Waals surface area contributed by atoms with Crippen molar-refractivity contribution < 1.29 is 48.7 Å². The molecule has 1 saturated carbocycles. The lowest BCUT2D eigenvalue weighted by atomic mass is 9.59. The third-order valence-electron chi connectivity index (χ3n) is 7.55. The molecular formula is C23H22F5O6PS. The van der Waals surface area contributed by atoms with E-state index in [1.807, 2.05) is 0 Å². The van der Waals surface area contributed by atoms with Crippen molar-refractivity contribution in [3.8, 4) is 5.75 Å². The zero-order chi connectivity index (χ0) is 26.1. The molecule has 36 heavy (non-hydrogen) atoms. The highest BCUT2D eigenvalue weighted by Crippen LogP contribution is 2.65. The molecule has 0 radical (unpaired) electrons. The Hall–Kier alpha value is -2.01. The summed E-state index contributed by atoms with van der Waals surface area (Å²) in [6.07, 6.45) is -4.23. The molecule has 3 aliphatic rings. The molecule has 13 heteroatoms. The molecule has 0 unspecified atom stereocenters. The first-order valence-electron chi connectivity index (χ1n) is 11.1. The van der Waals surface area contributed by atoms with Gasteiger partial charge in [0.2, 0.25) is 0 Å². The molecule has 196 valence electrons. The normalized spacial score (nSPS) is 32.4. The van der Waals surface area contributed by atoms with Gasteiger partial charge in [-0.2, -0.15) is 13.2 Å². The van der Waals surface area contributed by atoms with Gasteiger partial charge in [-0.25, -0.2) is 17.2 Å². The Morgan fingerprint density at radius 2 is 1.58 bits per heavy atom. The Morgan fingerprint density at radius 3 is 2.19 bits per heavy atom. The number of hydrogen-bond donors (Lipinski definition) is 0. The third-order valence-corrected chi connectivity index (χ3v) is 11.3. The highest BCUT2D eigenvalue weighted by Gasteiger charge is 2.66. The summed E-state index contributed by atoms with van der Waals surface area (Å²) < 4.78 is 125. The van der Waals surface area contributed by atoms with Crippen LogP contribution in [0.15, 0.2) is 41.3 Å². The van der Waals surface area contributed by atoms with Crippen LogP contribution in [-0.4, -0.2) is 34.9 Å². The van der Waals surface area contributed by atoms with E-state index >= 15 is 4.39 Å². The van der Waals surface area contributed by atoms with E-state index in [0.717, 1.165) is 24.3 Å². The molecular weight excluding hydrogens is 530 g/mol. The zero-order valence-electron chi connectivity index (χ0n) is 19.0. The van der Waals surface area contributed by atoms with Crippen molar-refractivity contribution in [3.63, 3.8) is 0 Å². The maximum absolute atomic E-state index is 15.4. The van der Waals surface area contributed by atoms with Crippen molar-refractivity contribution >= 4 is 17.4 Å². The van der Waals surface area contributed by atoms with Crippen molar-refractivity contribution in [3.05, 3.63) is 59.2 Å². The van der Waals surface area contributed by atoms with Crippen LogP contribution in [0.1, 0.15) is 30.4 Å². The number of fused-ring (bicyclic) bond motifs is 4. The van der Waals surface area contributed by atoms with Crippen LogP contribution in [0.3, 0.4) is 0 Å². The van der Waals surface area contributed by atoms with E-state index in [1.54, 1.807) is 0 Å². The second kappa shape index (κ2) is 8.24. The quantitative estimate of drug-likeness (QED) is 0.351. The predicted molar refractivity (Wildman–Crippen MR) is 117 cm³/mol. The predicted octanol–water partition coefficient (Wildman–Crippen LogP) is 5.70. The standard InChI is InChI=1S/C23H22F5O6PS/c1-35(29)33-12-21(13-34-35)9-2-10-22(18(21)11-32-20-17(25)8-7-16(24)19(20)22)36(30,31)15-5-3-14(4-6-15)23(26,27)28/h3-8,18H,2,9-13H2,1H3/t18-,21-,22-,35+/m0/s1. The van der Waals surface area contributed by atoms with Gasteiger partial charge in [0.25, 0.3) is 0 Å². The van der Waals surface area contributed by atoms with Gasteiger partial charge in [-0.15, -0.1) is 0 Å². The molecule has 2 aromatic rings. The van der Waals surface area contributed by atoms with Crippen LogP contribution in [0.25, 0.3) is 0 Å². The number of hydrogen-bond acceptors (Lipinski definition) is 6. The average Bonchev–Trinajstić information content (AvgIpc) is 2.82. The summed E-state index contributed by atoms with van der Waals surface area (Å²) in [5, 5.41) is 0. The van der Waals surface area contributed by atoms with Crippen LogP contribution < -0.4 is 4.74 Å². The lowest BCUT2D eigenvalue weighted by molar-refractivity contribution is -0.137. The first-order chi connectivity index (χ1) is 16.7. The summed E-state index contributed by atoms with van der Waals surface area (Å²) >= 11 is 0. The van der Waals surface area contributed by atoms with Crippen molar-refractivity contribution in [1.82, 2.24) is 0 Å². The topological polar surface area (TPSA) is 78.9 Å². The van der Waals surface area contributed by atoms with Gasteiger partial charge in [-0.1, -0.05) is 6.42 Å². The summed E-state index contributed by atoms with van der Waals surface area (Å²) in [5.74, 6) is -3.55. The monoisotopic (exact) mass is 552 g/mol. The van der Waals surface area contributed by atoms with Gasteiger partial charge in [0.05, 0.1) is 35.8 Å². The molecule has 2 heterocycles. The minimum atomic E-state index is -4.69. The van der Waals surface area contributed by atoms with E-state index < -0.39 is 73.1 Å². The minimum absolute atomic E-state index is 0.136. The number of alkyl halides is 3. The SMILES string of the molecule is C[P@]1(=O)OC[C@]2(CCC[C@@]3(S(=O)(=O)c4ccc(C(F)(F)F)cc4)c4c(F)ccc(F)c4OC[C@@H]23)CO1. The smallest absolute Gasteiger partial charge is 0.416 e. The van der Waals surface area contributed by atoms with Gasteiger partial charge in [-0.3, -0.25) is 4.57 Å². The van der Waals surface area contributed by atoms with Gasteiger partial charge >= 0.3 is 13.8 Å². The Labute approximate surface area is 204 Å². The molecule has 5 rings (SSSR count). The van der Waals surface area contributed by atoms with Gasteiger partial charge in [0.1, 0.15) is 10.6 Å². The summed E-state index contributed by atoms with van der Waals surface area (Å²) in [6.45, 7) is 0.612. The highest BCUT2D eigenvalue weighted by molar-refractivity contribution is 7.92. The van der Waals surface area contributed by atoms with Crippen LogP contribution in [0, 0.1) is 23.0 Å². The summed E-state index contributed by atoms with van der Waals surface area (Å²) in [4.78, 5) is -0.465. The van der Waals surface area contributed by atoms with Gasteiger partial charge in [0, 0.05) is 18.0 Å². The lowest BCUT2D eigenvalue weighted by Gasteiger charge is -2.57. The average molecular weight is 552 g/mol.